The van der Waals surface area contributed by atoms with Crippen molar-refractivity contribution in [2.45, 2.75) is 26.2 Å². The van der Waals surface area contributed by atoms with Gasteiger partial charge in [-0.2, -0.15) is 0 Å². The fraction of sp³-hybridized carbons (Fsp3) is 0.267. The van der Waals surface area contributed by atoms with Crippen molar-refractivity contribution in [1.82, 2.24) is 15.4 Å². The summed E-state index contributed by atoms with van der Waals surface area (Å²) in [6, 6.07) is 15.3. The van der Waals surface area contributed by atoms with Crippen LogP contribution in [0.3, 0.4) is 0 Å². The molecule has 0 radical (unpaired) electrons. The van der Waals surface area contributed by atoms with E-state index in [0.29, 0.717) is 34.3 Å². The molecule has 1 heterocycles. The summed E-state index contributed by atoms with van der Waals surface area (Å²) in [5.74, 6) is 1.35. The third-order valence-electron chi connectivity index (χ3n) is 5.68. The van der Waals surface area contributed by atoms with E-state index >= 15 is 0 Å². The van der Waals surface area contributed by atoms with Crippen molar-refractivity contribution in [3.8, 4) is 0 Å². The Morgan fingerprint density at radius 1 is 0.977 bits per heavy atom. The quantitative estimate of drug-likeness (QED) is 0.132. The number of urea groups is 1. The highest BCUT2D eigenvalue weighted by atomic mass is 16.5. The second-order valence-electron chi connectivity index (χ2n) is 10.7. The number of rotatable bonds is 12. The van der Waals surface area contributed by atoms with Gasteiger partial charge in [0.1, 0.15) is 17.9 Å². The summed E-state index contributed by atoms with van der Waals surface area (Å²) in [6.45, 7) is 6.27. The van der Waals surface area contributed by atoms with Gasteiger partial charge in [0.05, 0.1) is 18.6 Å². The maximum absolute atomic E-state index is 12.3. The zero-order chi connectivity index (χ0) is 31.4. The first-order valence-electron chi connectivity index (χ1n) is 13.4. The average molecular weight is 587 g/mol. The van der Waals surface area contributed by atoms with Crippen LogP contribution in [0.1, 0.15) is 32.1 Å². The molecule has 0 unspecified atom stereocenters. The number of benzene rings is 2. The highest BCUT2D eigenvalue weighted by molar-refractivity contribution is 6.07. The van der Waals surface area contributed by atoms with E-state index in [9.17, 15) is 9.59 Å². The lowest BCUT2D eigenvalue weighted by Crippen LogP contribution is -2.27. The number of anilines is 4. The molecule has 13 nitrogen and oxygen atoms in total. The van der Waals surface area contributed by atoms with Gasteiger partial charge in [0.25, 0.3) is 0 Å². The predicted molar refractivity (Wildman–Crippen MR) is 172 cm³/mol. The molecule has 0 aliphatic rings. The van der Waals surface area contributed by atoms with Crippen molar-refractivity contribution in [2.24, 2.45) is 9.98 Å². The number of carbonyl (C=O) groups excluding carboxylic acids is 2. The van der Waals surface area contributed by atoms with Crippen LogP contribution in [0.2, 0.25) is 0 Å². The van der Waals surface area contributed by atoms with Gasteiger partial charge in [-0.15, -0.1) is 0 Å². The van der Waals surface area contributed by atoms with Crippen molar-refractivity contribution < 1.29 is 14.1 Å². The van der Waals surface area contributed by atoms with Crippen LogP contribution in [-0.2, 0) is 10.2 Å². The summed E-state index contributed by atoms with van der Waals surface area (Å²) in [4.78, 5) is 34.3. The minimum atomic E-state index is -0.435. The van der Waals surface area contributed by atoms with Crippen molar-refractivity contribution in [1.29, 1.82) is 5.41 Å². The monoisotopic (exact) mass is 586 g/mol. The fourth-order valence-corrected chi connectivity index (χ4v) is 3.47. The first-order valence-corrected chi connectivity index (χ1v) is 13.4. The lowest BCUT2D eigenvalue weighted by molar-refractivity contribution is -0.116. The molecule has 0 aliphatic carbocycles. The molecule has 3 amide bonds. The van der Waals surface area contributed by atoms with Crippen molar-refractivity contribution in [3.05, 3.63) is 77.8 Å². The number of aromatic nitrogens is 1. The molecular weight excluding hydrogens is 548 g/mol. The van der Waals surface area contributed by atoms with E-state index in [0.717, 1.165) is 5.69 Å². The van der Waals surface area contributed by atoms with Gasteiger partial charge in [-0.1, -0.05) is 38.1 Å². The van der Waals surface area contributed by atoms with Crippen molar-refractivity contribution in [2.75, 3.05) is 49.0 Å². The highest BCUT2D eigenvalue weighted by Crippen LogP contribution is 2.24. The Hall–Kier alpha value is -5.30. The fourth-order valence-electron chi connectivity index (χ4n) is 3.47. The minimum Gasteiger partial charge on any atom is -0.373 e. The van der Waals surface area contributed by atoms with E-state index in [-0.39, 0.29) is 23.6 Å². The van der Waals surface area contributed by atoms with E-state index in [1.165, 1.54) is 12.7 Å². The molecule has 0 bridgehead atoms. The molecule has 43 heavy (non-hydrogen) atoms. The smallest absolute Gasteiger partial charge is 0.324 e. The Kier molecular flexibility index (Phi) is 11.3. The van der Waals surface area contributed by atoms with Gasteiger partial charge < -0.3 is 36.1 Å². The van der Waals surface area contributed by atoms with Crippen LogP contribution in [0.5, 0.6) is 0 Å². The number of likely N-dealkylation sites (N-methyl/N-ethyl adjacent to an activating group) is 1. The van der Waals surface area contributed by atoms with Crippen LogP contribution < -0.4 is 26.6 Å². The normalized spacial score (nSPS) is 12.0. The van der Waals surface area contributed by atoms with Crippen LogP contribution in [0.15, 0.2) is 81.0 Å². The van der Waals surface area contributed by atoms with Gasteiger partial charge >= 0.3 is 6.03 Å². The molecule has 2 aromatic carbocycles. The van der Waals surface area contributed by atoms with Crippen molar-refractivity contribution >= 4 is 53.2 Å². The second-order valence-corrected chi connectivity index (χ2v) is 10.7. The minimum absolute atomic E-state index is 0.109. The first-order chi connectivity index (χ1) is 20.4. The van der Waals surface area contributed by atoms with Crippen LogP contribution in [-0.4, -0.2) is 68.1 Å². The molecule has 0 saturated carbocycles. The molecular formula is C30H38N10O3. The van der Waals surface area contributed by atoms with E-state index in [2.05, 4.69) is 41.7 Å². The largest absolute Gasteiger partial charge is 0.373 e. The molecule has 0 atom stereocenters. The molecule has 0 fully saturated rings. The third kappa shape index (κ3) is 10.9. The average Bonchev–Trinajstić information content (AvgIpc) is 3.42. The number of nitrogens with zero attached hydrogens (tertiary/aromatic N) is 4. The molecule has 0 aliphatic heterocycles. The summed E-state index contributed by atoms with van der Waals surface area (Å²) >= 11 is 0. The summed E-state index contributed by atoms with van der Waals surface area (Å²) in [5.41, 5.74) is 2.71. The number of allylic oxidation sites excluding steroid dienone is 1. The predicted octanol–water partition coefficient (Wildman–Crippen LogP) is 4.71. The summed E-state index contributed by atoms with van der Waals surface area (Å²) in [6.07, 6.45) is 4.40. The van der Waals surface area contributed by atoms with Crippen LogP contribution in [0.25, 0.3) is 0 Å². The van der Waals surface area contributed by atoms with Crippen molar-refractivity contribution in [3.63, 3.8) is 0 Å². The number of aliphatic imine (C=N–C) groups is 2. The summed E-state index contributed by atoms with van der Waals surface area (Å²) in [7, 11) is 5.35. The molecule has 3 aromatic rings. The molecule has 0 saturated heterocycles. The Labute approximate surface area is 251 Å². The van der Waals surface area contributed by atoms with E-state index < -0.39 is 6.03 Å². The summed E-state index contributed by atoms with van der Waals surface area (Å²) in [5, 5.41) is 26.4. The van der Waals surface area contributed by atoms with Gasteiger partial charge in [-0.05, 0) is 56.1 Å². The Morgan fingerprint density at radius 3 is 2.21 bits per heavy atom. The molecule has 6 N–H and O–H groups in total. The number of hydrogen-bond acceptors (Lipinski definition) is 8. The maximum atomic E-state index is 12.3. The van der Waals surface area contributed by atoms with Gasteiger partial charge in [0.2, 0.25) is 5.91 Å². The Balaban J connectivity index is 1.46. The zero-order valence-electron chi connectivity index (χ0n) is 25.1. The molecule has 3 rings (SSSR count). The maximum Gasteiger partial charge on any atom is 0.324 e. The highest BCUT2D eigenvalue weighted by Gasteiger charge is 2.20. The second kappa shape index (κ2) is 15.1. The molecule has 13 heteroatoms. The lowest BCUT2D eigenvalue weighted by atomic mass is 9.93. The molecule has 0 spiro atoms. The number of nitrogens with one attached hydrogen (secondary N) is 6. The van der Waals surface area contributed by atoms with Crippen LogP contribution >= 0.6 is 0 Å². The van der Waals surface area contributed by atoms with Gasteiger partial charge in [-0.3, -0.25) is 10.1 Å². The zero-order valence-corrected chi connectivity index (χ0v) is 25.1. The van der Waals surface area contributed by atoms with E-state index in [1.54, 1.807) is 72.6 Å². The van der Waals surface area contributed by atoms with Gasteiger partial charge in [0, 0.05) is 41.7 Å². The number of amides is 3. The summed E-state index contributed by atoms with van der Waals surface area (Å²) < 4.78 is 5.28. The van der Waals surface area contributed by atoms with E-state index in [4.69, 9.17) is 9.93 Å². The van der Waals surface area contributed by atoms with Gasteiger partial charge in [0.15, 0.2) is 5.82 Å². The first kappa shape index (κ1) is 32.2. The van der Waals surface area contributed by atoms with Crippen LogP contribution in [0.4, 0.5) is 27.7 Å². The lowest BCUT2D eigenvalue weighted by Gasteiger charge is -2.12. The Bertz CT molecular complexity index is 1480. The SMILES string of the molecule is CNC(=C\C(=N)c1ccc(NC(=O)CN(C)C)cc1)/N=C\N=C\Nc1ccc(NC(=O)Nc2cc(C(C)(C)C)on2)cc1. The molecule has 1 aromatic heterocycles. The third-order valence-corrected chi connectivity index (χ3v) is 5.68. The topological polar surface area (TPSA) is 172 Å². The number of carbonyl (C=O) groups is 2. The number of hydrogen-bond donors (Lipinski definition) is 6. The van der Waals surface area contributed by atoms with Gasteiger partial charge in [-0.25, -0.2) is 14.8 Å². The molecule has 226 valence electrons. The standard InChI is InChI=1S/C30H38N10O3/c1-30(2,3)25-16-27(39-43-25)38-29(42)37-23-13-11-21(12-14-23)34-18-33-19-35-26(32-4)15-24(31)20-7-9-22(10-8-20)36-28(41)17-40(5)6/h7-16,18-19,31-32H,17H2,1-6H3,(H,36,41)(H,33,34,35)(H2,37,38,39,42)/b26-15+,31-24?. The van der Waals surface area contributed by atoms with E-state index in [1.807, 2.05) is 34.9 Å². The van der Waals surface area contributed by atoms with Crippen LogP contribution in [0, 0.1) is 5.41 Å². The Morgan fingerprint density at radius 2 is 1.60 bits per heavy atom.